The first-order valence-corrected chi connectivity index (χ1v) is 7.72. The molecule has 1 heterocycles. The maximum absolute atomic E-state index is 11.0. The molecule has 3 N–H and O–H groups in total. The molecule has 0 radical (unpaired) electrons. The molecule has 0 saturated carbocycles. The Hall–Kier alpha value is -3.75. The maximum atomic E-state index is 11.0. The largest absolute Gasteiger partial charge is 0.479 e. The second-order valence-corrected chi connectivity index (χ2v) is 5.39. The maximum Gasteiger partial charge on any atom is 0.310 e. The zero-order chi connectivity index (χ0) is 18.5. The molecule has 0 aliphatic heterocycles. The van der Waals surface area contributed by atoms with E-state index in [0.29, 0.717) is 0 Å². The lowest BCUT2D eigenvalue weighted by Gasteiger charge is -2.10. The average molecular weight is 352 g/mol. The summed E-state index contributed by atoms with van der Waals surface area (Å²) in [6, 6.07) is 13.7. The molecule has 0 saturated heterocycles. The van der Waals surface area contributed by atoms with Gasteiger partial charge in [0.05, 0.1) is 4.92 Å². The average Bonchev–Trinajstić information content (AvgIpc) is 2.62. The number of nitrogens with two attached hydrogens (primary N) is 1. The second kappa shape index (κ2) is 7.43. The van der Waals surface area contributed by atoms with Gasteiger partial charge in [-0.1, -0.05) is 30.3 Å². The summed E-state index contributed by atoms with van der Waals surface area (Å²) < 4.78 is 5.49. The van der Waals surface area contributed by atoms with Gasteiger partial charge in [-0.15, -0.1) is 0 Å². The van der Waals surface area contributed by atoms with Gasteiger partial charge < -0.3 is 15.8 Å². The van der Waals surface area contributed by atoms with Crippen LogP contribution >= 0.6 is 0 Å². The van der Waals surface area contributed by atoms with Crippen LogP contribution < -0.4 is 15.8 Å². The molecule has 132 valence electrons. The van der Waals surface area contributed by atoms with Crippen molar-refractivity contribution < 1.29 is 9.66 Å². The van der Waals surface area contributed by atoms with Gasteiger partial charge >= 0.3 is 5.69 Å². The van der Waals surface area contributed by atoms with E-state index in [1.807, 2.05) is 31.2 Å². The highest BCUT2D eigenvalue weighted by molar-refractivity contribution is 5.58. The molecule has 0 bridgehead atoms. The second-order valence-electron chi connectivity index (χ2n) is 5.39. The number of aromatic nitrogens is 3. The number of nitrogens with zero attached hydrogens (tertiary/aromatic N) is 4. The van der Waals surface area contributed by atoms with Crippen LogP contribution in [0.25, 0.3) is 0 Å². The molecule has 3 rings (SSSR count). The van der Waals surface area contributed by atoms with Crippen molar-refractivity contribution in [3.05, 3.63) is 70.0 Å². The number of anilines is 3. The first-order chi connectivity index (χ1) is 12.5. The Kier molecular flexibility index (Phi) is 4.88. The third kappa shape index (κ3) is 4.01. The monoisotopic (exact) mass is 352 g/mol. The molecule has 0 aliphatic rings. The van der Waals surface area contributed by atoms with Gasteiger partial charge in [0.25, 0.3) is 0 Å². The van der Waals surface area contributed by atoms with E-state index in [1.165, 1.54) is 12.1 Å². The van der Waals surface area contributed by atoms with Gasteiger partial charge in [0.1, 0.15) is 6.61 Å². The Balaban J connectivity index is 1.78. The molecule has 3 aromatic rings. The molecular weight excluding hydrogens is 336 g/mol. The van der Waals surface area contributed by atoms with Crippen LogP contribution in [0.4, 0.5) is 23.3 Å². The number of nitrogen functional groups attached to an aromatic ring is 1. The SMILES string of the molecule is Cc1ccccc1Nc1nc(N)nc(COc2ccccc2[N+](=O)[O-])n1. The number of aryl methyl sites for hydroxylation is 1. The van der Waals surface area contributed by atoms with Crippen LogP contribution in [0.2, 0.25) is 0 Å². The van der Waals surface area contributed by atoms with Crippen molar-refractivity contribution in [2.75, 3.05) is 11.1 Å². The Morgan fingerprint density at radius 1 is 1.12 bits per heavy atom. The van der Waals surface area contributed by atoms with Crippen molar-refractivity contribution in [3.8, 4) is 5.75 Å². The van der Waals surface area contributed by atoms with E-state index in [-0.39, 0.29) is 35.8 Å². The number of rotatable bonds is 6. The lowest BCUT2D eigenvalue weighted by Crippen LogP contribution is -2.10. The van der Waals surface area contributed by atoms with Gasteiger partial charge in [0.15, 0.2) is 11.6 Å². The number of nitro groups is 1. The van der Waals surface area contributed by atoms with Crippen molar-refractivity contribution in [3.63, 3.8) is 0 Å². The topological polar surface area (TPSA) is 129 Å². The quantitative estimate of drug-likeness (QED) is 0.511. The van der Waals surface area contributed by atoms with Crippen LogP contribution in [0.1, 0.15) is 11.4 Å². The number of benzene rings is 2. The van der Waals surface area contributed by atoms with Gasteiger partial charge in [0.2, 0.25) is 11.9 Å². The van der Waals surface area contributed by atoms with Gasteiger partial charge in [-0.05, 0) is 24.6 Å². The molecule has 26 heavy (non-hydrogen) atoms. The van der Waals surface area contributed by atoms with E-state index in [2.05, 4.69) is 20.3 Å². The molecule has 0 spiro atoms. The number of nitrogens with one attached hydrogen (secondary N) is 1. The third-order valence-electron chi connectivity index (χ3n) is 3.51. The van der Waals surface area contributed by atoms with Crippen LogP contribution in [-0.4, -0.2) is 19.9 Å². The number of ether oxygens (including phenoxy) is 1. The molecule has 0 fully saturated rings. The zero-order valence-electron chi connectivity index (χ0n) is 13.9. The highest BCUT2D eigenvalue weighted by Gasteiger charge is 2.15. The number of para-hydroxylation sites is 3. The van der Waals surface area contributed by atoms with Crippen LogP contribution in [0.3, 0.4) is 0 Å². The summed E-state index contributed by atoms with van der Waals surface area (Å²) in [7, 11) is 0. The minimum Gasteiger partial charge on any atom is -0.479 e. The Labute approximate surface area is 149 Å². The summed E-state index contributed by atoms with van der Waals surface area (Å²) in [4.78, 5) is 22.8. The summed E-state index contributed by atoms with van der Waals surface area (Å²) in [5.74, 6) is 0.682. The third-order valence-corrected chi connectivity index (χ3v) is 3.51. The van der Waals surface area contributed by atoms with Crippen molar-refractivity contribution in [1.29, 1.82) is 0 Å². The van der Waals surface area contributed by atoms with Gasteiger partial charge in [-0.3, -0.25) is 10.1 Å². The van der Waals surface area contributed by atoms with Crippen molar-refractivity contribution in [2.45, 2.75) is 13.5 Å². The Bertz CT molecular complexity index is 947. The molecular formula is C17H16N6O3. The van der Waals surface area contributed by atoms with Crippen LogP contribution in [0.15, 0.2) is 48.5 Å². The summed E-state index contributed by atoms with van der Waals surface area (Å²) in [5, 5.41) is 14.1. The first-order valence-electron chi connectivity index (χ1n) is 7.72. The van der Waals surface area contributed by atoms with E-state index >= 15 is 0 Å². The highest BCUT2D eigenvalue weighted by atomic mass is 16.6. The van der Waals surface area contributed by atoms with E-state index < -0.39 is 4.92 Å². The van der Waals surface area contributed by atoms with E-state index in [0.717, 1.165) is 11.3 Å². The minimum atomic E-state index is -0.512. The van der Waals surface area contributed by atoms with E-state index in [1.54, 1.807) is 12.1 Å². The number of hydrogen-bond acceptors (Lipinski definition) is 8. The summed E-state index contributed by atoms with van der Waals surface area (Å²) >= 11 is 0. The lowest BCUT2D eigenvalue weighted by molar-refractivity contribution is -0.385. The Morgan fingerprint density at radius 2 is 1.85 bits per heavy atom. The fourth-order valence-electron chi connectivity index (χ4n) is 2.26. The highest BCUT2D eigenvalue weighted by Crippen LogP contribution is 2.26. The molecule has 0 unspecified atom stereocenters. The summed E-state index contributed by atoms with van der Waals surface area (Å²) in [6.45, 7) is 1.87. The van der Waals surface area contributed by atoms with Gasteiger partial charge in [-0.25, -0.2) is 0 Å². The zero-order valence-corrected chi connectivity index (χ0v) is 13.9. The van der Waals surface area contributed by atoms with Crippen LogP contribution in [0, 0.1) is 17.0 Å². The molecule has 9 heteroatoms. The normalized spacial score (nSPS) is 10.3. The standard InChI is InChI=1S/C17H16N6O3/c1-11-6-2-3-7-12(11)19-17-21-15(20-16(18)22-17)10-26-14-9-5-4-8-13(14)23(24)25/h2-9H,10H2,1H3,(H3,18,19,20,21,22). The number of hydrogen-bond donors (Lipinski definition) is 2. The predicted octanol–water partition coefficient (Wildman–Crippen LogP) is 2.99. The van der Waals surface area contributed by atoms with Crippen molar-refractivity contribution in [2.24, 2.45) is 0 Å². The molecule has 9 nitrogen and oxygen atoms in total. The summed E-state index contributed by atoms with van der Waals surface area (Å²) in [5.41, 5.74) is 7.46. The smallest absolute Gasteiger partial charge is 0.310 e. The molecule has 2 aromatic carbocycles. The van der Waals surface area contributed by atoms with Gasteiger partial charge in [-0.2, -0.15) is 15.0 Å². The van der Waals surface area contributed by atoms with Crippen molar-refractivity contribution in [1.82, 2.24) is 15.0 Å². The molecule has 0 amide bonds. The van der Waals surface area contributed by atoms with Crippen LogP contribution in [-0.2, 0) is 6.61 Å². The fraction of sp³-hybridized carbons (Fsp3) is 0.118. The van der Waals surface area contributed by atoms with E-state index in [9.17, 15) is 10.1 Å². The predicted molar refractivity (Wildman–Crippen MR) is 96.1 cm³/mol. The van der Waals surface area contributed by atoms with E-state index in [4.69, 9.17) is 10.5 Å². The molecule has 0 aliphatic carbocycles. The summed E-state index contributed by atoms with van der Waals surface area (Å²) in [6.07, 6.45) is 0. The fourth-order valence-corrected chi connectivity index (χ4v) is 2.26. The Morgan fingerprint density at radius 3 is 2.62 bits per heavy atom. The minimum absolute atomic E-state index is 0.0252. The first kappa shape index (κ1) is 17.1. The molecule has 1 aromatic heterocycles. The van der Waals surface area contributed by atoms with Crippen molar-refractivity contribution >= 4 is 23.3 Å². The van der Waals surface area contributed by atoms with Crippen LogP contribution in [0.5, 0.6) is 5.75 Å². The lowest BCUT2D eigenvalue weighted by atomic mass is 10.2. The number of nitro benzene ring substituents is 1. The molecule has 0 atom stereocenters. The van der Waals surface area contributed by atoms with Gasteiger partial charge in [0, 0.05) is 11.8 Å².